The van der Waals surface area contributed by atoms with Gasteiger partial charge in [0.1, 0.15) is 11.6 Å². The number of thioether (sulfide) groups is 1. The summed E-state index contributed by atoms with van der Waals surface area (Å²) in [7, 11) is 0. The highest BCUT2D eigenvalue weighted by Gasteiger charge is 2.38. The molecule has 0 aliphatic rings. The molecule has 2 aromatic carbocycles. The molecule has 13 heteroatoms. The third-order valence-electron chi connectivity index (χ3n) is 4.73. The Morgan fingerprint density at radius 3 is 2.34 bits per heavy atom. The van der Waals surface area contributed by atoms with E-state index in [0.29, 0.717) is 16.3 Å². The van der Waals surface area contributed by atoms with E-state index in [1.807, 2.05) is 0 Å². The average molecular weight is 512 g/mol. The number of alkyl halides is 6. The van der Waals surface area contributed by atoms with Crippen molar-refractivity contribution in [2.75, 3.05) is 5.75 Å². The summed E-state index contributed by atoms with van der Waals surface area (Å²) < 4.78 is 81.7. The van der Waals surface area contributed by atoms with Crippen molar-refractivity contribution in [3.63, 3.8) is 0 Å². The van der Waals surface area contributed by atoms with Gasteiger partial charge < -0.3 is 5.73 Å². The van der Waals surface area contributed by atoms with Gasteiger partial charge in [-0.1, -0.05) is 23.9 Å². The molecule has 0 fully saturated rings. The minimum atomic E-state index is -5.12. The second kappa shape index (κ2) is 9.46. The number of allylic oxidation sites excluding steroid dienone is 2. The SMILES string of the molecule is C/C(N)=C(/C#N)C(=O)CSc1nc2ccccc2c(=O)n1-c1cc(C(F)(F)F)ccc1C(F)(F)F. The highest BCUT2D eigenvalue weighted by atomic mass is 32.2. The molecule has 3 aromatic rings. The second-order valence-corrected chi connectivity index (χ2v) is 8.10. The lowest BCUT2D eigenvalue weighted by molar-refractivity contribution is -0.141. The molecule has 0 unspecified atom stereocenters. The van der Waals surface area contributed by atoms with E-state index < -0.39 is 57.0 Å². The summed E-state index contributed by atoms with van der Waals surface area (Å²) in [5.74, 6) is -1.37. The zero-order valence-electron chi connectivity index (χ0n) is 17.7. The molecular formula is C22H14F6N4O2S. The fourth-order valence-corrected chi connectivity index (χ4v) is 4.00. The summed E-state index contributed by atoms with van der Waals surface area (Å²) in [6, 6.07) is 7.86. The number of hydrogen-bond acceptors (Lipinski definition) is 6. The molecule has 0 saturated heterocycles. The maximum absolute atomic E-state index is 13.8. The van der Waals surface area contributed by atoms with E-state index in [9.17, 15) is 35.9 Å². The predicted molar refractivity (Wildman–Crippen MR) is 116 cm³/mol. The van der Waals surface area contributed by atoms with Crippen molar-refractivity contribution in [3.05, 3.63) is 75.2 Å². The van der Waals surface area contributed by atoms with Gasteiger partial charge in [-0.05, 0) is 37.3 Å². The van der Waals surface area contributed by atoms with Gasteiger partial charge in [0, 0.05) is 5.70 Å². The number of hydrogen-bond donors (Lipinski definition) is 1. The van der Waals surface area contributed by atoms with Crippen LogP contribution in [0.5, 0.6) is 0 Å². The van der Waals surface area contributed by atoms with Gasteiger partial charge in [-0.25, -0.2) is 4.98 Å². The average Bonchev–Trinajstić information content (AvgIpc) is 2.76. The molecule has 2 N–H and O–H groups in total. The molecule has 0 amide bonds. The largest absolute Gasteiger partial charge is 0.418 e. The van der Waals surface area contributed by atoms with Gasteiger partial charge in [0.05, 0.1) is 33.5 Å². The molecule has 1 aromatic heterocycles. The zero-order valence-corrected chi connectivity index (χ0v) is 18.5. The molecule has 0 bridgehead atoms. The van der Waals surface area contributed by atoms with Crippen LogP contribution < -0.4 is 11.3 Å². The Balaban J connectivity index is 2.32. The number of Topliss-reactive ketones (excluding diaryl/α,β-unsaturated/α-hetero) is 1. The van der Waals surface area contributed by atoms with Gasteiger partial charge in [0.2, 0.25) is 0 Å². The number of para-hydroxylation sites is 1. The Labute approximate surface area is 197 Å². The topological polar surface area (TPSA) is 102 Å². The second-order valence-electron chi connectivity index (χ2n) is 7.16. The first-order valence-electron chi connectivity index (χ1n) is 9.58. The van der Waals surface area contributed by atoms with E-state index in [1.165, 1.54) is 31.2 Å². The number of halogens is 6. The van der Waals surface area contributed by atoms with Crippen LogP contribution in [0.15, 0.2) is 63.7 Å². The zero-order chi connectivity index (χ0) is 26.1. The molecule has 0 saturated carbocycles. The molecule has 0 aliphatic carbocycles. The van der Waals surface area contributed by atoms with Gasteiger partial charge in [-0.2, -0.15) is 31.6 Å². The minimum Gasteiger partial charge on any atom is -0.401 e. The van der Waals surface area contributed by atoms with E-state index in [-0.39, 0.29) is 34.8 Å². The van der Waals surface area contributed by atoms with E-state index in [4.69, 9.17) is 11.0 Å². The Morgan fingerprint density at radius 2 is 1.77 bits per heavy atom. The number of carbonyl (C=O) groups excluding carboxylic acids is 1. The number of aromatic nitrogens is 2. The summed E-state index contributed by atoms with van der Waals surface area (Å²) in [6.07, 6.45) is -10.1. The molecule has 35 heavy (non-hydrogen) atoms. The van der Waals surface area contributed by atoms with Crippen LogP contribution in [0.3, 0.4) is 0 Å². The number of carbonyl (C=O) groups is 1. The lowest BCUT2D eigenvalue weighted by Crippen LogP contribution is -2.25. The fraction of sp³-hybridized carbons (Fsp3) is 0.182. The summed E-state index contributed by atoms with van der Waals surface area (Å²) in [6.45, 7) is 1.30. The van der Waals surface area contributed by atoms with Crippen molar-refractivity contribution >= 4 is 28.4 Å². The maximum Gasteiger partial charge on any atom is 0.418 e. The number of benzene rings is 2. The molecule has 6 nitrogen and oxygen atoms in total. The van der Waals surface area contributed by atoms with E-state index in [1.54, 1.807) is 6.07 Å². The van der Waals surface area contributed by atoms with E-state index in [0.717, 1.165) is 0 Å². The van der Waals surface area contributed by atoms with Crippen LogP contribution in [0.2, 0.25) is 0 Å². The van der Waals surface area contributed by atoms with Crippen LogP contribution in [0.25, 0.3) is 16.6 Å². The van der Waals surface area contributed by atoms with Gasteiger partial charge in [-0.15, -0.1) is 0 Å². The Bertz CT molecular complexity index is 1450. The molecular weight excluding hydrogens is 498 g/mol. The number of nitriles is 1. The third kappa shape index (κ3) is 5.32. The number of fused-ring (bicyclic) bond motifs is 1. The molecule has 182 valence electrons. The van der Waals surface area contributed by atoms with E-state index in [2.05, 4.69) is 4.98 Å². The summed E-state index contributed by atoms with van der Waals surface area (Å²) in [5, 5.41) is 8.47. The standard InChI is InChI=1S/C22H14F6N4O2S/c1-11(30)14(9-29)18(33)10-35-20-31-16-5-3-2-4-13(16)19(34)32(20)17-8-12(21(23,24)25)6-7-15(17)22(26,27)28/h2-8H,10,30H2,1H3/b14-11+. The predicted octanol–water partition coefficient (Wildman–Crippen LogP) is 4.84. The van der Waals surface area contributed by atoms with Crippen molar-refractivity contribution < 1.29 is 31.1 Å². The van der Waals surface area contributed by atoms with Crippen molar-refractivity contribution in [2.45, 2.75) is 24.4 Å². The first-order chi connectivity index (χ1) is 16.3. The number of ketones is 1. The number of nitrogens with zero attached hydrogens (tertiary/aromatic N) is 3. The highest BCUT2D eigenvalue weighted by molar-refractivity contribution is 7.99. The van der Waals surface area contributed by atoms with Gasteiger partial charge in [0.25, 0.3) is 5.56 Å². The normalized spacial score (nSPS) is 12.9. The van der Waals surface area contributed by atoms with Crippen LogP contribution in [-0.2, 0) is 17.1 Å². The summed E-state index contributed by atoms with van der Waals surface area (Å²) in [4.78, 5) is 29.7. The quantitative estimate of drug-likeness (QED) is 0.173. The van der Waals surface area contributed by atoms with Crippen LogP contribution >= 0.6 is 11.8 Å². The summed E-state index contributed by atoms with van der Waals surface area (Å²) in [5.41, 5.74) is -0.0516. The Morgan fingerprint density at radius 1 is 1.11 bits per heavy atom. The van der Waals surface area contributed by atoms with Crippen LogP contribution in [-0.4, -0.2) is 21.1 Å². The Hall–Kier alpha value is -3.79. The van der Waals surface area contributed by atoms with Crippen molar-refractivity contribution in [1.82, 2.24) is 9.55 Å². The third-order valence-corrected chi connectivity index (χ3v) is 5.67. The van der Waals surface area contributed by atoms with Crippen LogP contribution in [0.4, 0.5) is 26.3 Å². The molecule has 0 aliphatic heterocycles. The molecule has 0 radical (unpaired) electrons. The van der Waals surface area contributed by atoms with Gasteiger partial charge >= 0.3 is 12.4 Å². The molecule has 3 rings (SSSR count). The molecule has 0 atom stereocenters. The lowest BCUT2D eigenvalue weighted by Gasteiger charge is -2.19. The van der Waals surface area contributed by atoms with E-state index >= 15 is 0 Å². The lowest BCUT2D eigenvalue weighted by atomic mass is 10.1. The number of nitrogens with two attached hydrogens (primary N) is 1. The fourth-order valence-electron chi connectivity index (χ4n) is 3.13. The highest BCUT2D eigenvalue weighted by Crippen LogP contribution is 2.39. The molecule has 0 spiro atoms. The van der Waals surface area contributed by atoms with Gasteiger partial charge in [0.15, 0.2) is 10.9 Å². The van der Waals surface area contributed by atoms with Crippen molar-refractivity contribution in [2.24, 2.45) is 5.73 Å². The van der Waals surface area contributed by atoms with Gasteiger partial charge in [-0.3, -0.25) is 14.2 Å². The minimum absolute atomic E-state index is 0.0512. The smallest absolute Gasteiger partial charge is 0.401 e. The first-order valence-corrected chi connectivity index (χ1v) is 10.6. The van der Waals surface area contributed by atoms with Crippen LogP contribution in [0, 0.1) is 11.3 Å². The first kappa shape index (κ1) is 25.8. The van der Waals surface area contributed by atoms with Crippen molar-refractivity contribution in [3.8, 4) is 11.8 Å². The summed E-state index contributed by atoms with van der Waals surface area (Å²) >= 11 is 0.486. The van der Waals surface area contributed by atoms with Crippen molar-refractivity contribution in [1.29, 1.82) is 5.26 Å². The molecule has 1 heterocycles. The van der Waals surface area contributed by atoms with Crippen LogP contribution in [0.1, 0.15) is 18.1 Å². The maximum atomic E-state index is 13.8. The number of rotatable bonds is 5. The Kier molecular flexibility index (Phi) is 6.98. The monoisotopic (exact) mass is 512 g/mol.